The molecule has 2 heterocycles. The molecule has 0 atom stereocenters. The van der Waals surface area contributed by atoms with E-state index in [1.165, 1.54) is 10.8 Å². The molecule has 0 unspecified atom stereocenters. The Bertz CT molecular complexity index is 881. The molecule has 0 amide bonds. The van der Waals surface area contributed by atoms with Crippen molar-refractivity contribution in [1.82, 2.24) is 14.5 Å². The quantitative estimate of drug-likeness (QED) is 0.550. The van der Waals surface area contributed by atoms with E-state index in [0.29, 0.717) is 0 Å². The number of benzene rings is 2. The van der Waals surface area contributed by atoms with Crippen molar-refractivity contribution in [2.24, 2.45) is 0 Å². The standard InChI is InChI=1S/C18H13N3/c1-2-6-15-14(5-1)8-9-16(17-7-3-4-10-20-17)18(15)21-12-11-19-13-21/h1-13H. The van der Waals surface area contributed by atoms with Crippen LogP contribution in [0, 0.1) is 0 Å². The molecule has 4 aromatic rings. The molecule has 0 radical (unpaired) electrons. The molecular weight excluding hydrogens is 258 g/mol. The van der Waals surface area contributed by atoms with Gasteiger partial charge < -0.3 is 4.57 Å². The summed E-state index contributed by atoms with van der Waals surface area (Å²) in [6.45, 7) is 0. The zero-order chi connectivity index (χ0) is 14.1. The maximum Gasteiger partial charge on any atom is 0.0992 e. The van der Waals surface area contributed by atoms with E-state index < -0.39 is 0 Å². The third-order valence-electron chi connectivity index (χ3n) is 3.60. The molecule has 2 aromatic carbocycles. The van der Waals surface area contributed by atoms with Gasteiger partial charge in [-0.25, -0.2) is 4.98 Å². The molecule has 0 aliphatic carbocycles. The average molecular weight is 271 g/mol. The minimum Gasteiger partial charge on any atom is -0.305 e. The van der Waals surface area contributed by atoms with Crippen molar-refractivity contribution in [2.45, 2.75) is 0 Å². The first-order valence-electron chi connectivity index (χ1n) is 6.85. The summed E-state index contributed by atoms with van der Waals surface area (Å²) in [7, 11) is 0. The number of rotatable bonds is 2. The van der Waals surface area contributed by atoms with Gasteiger partial charge in [-0.15, -0.1) is 0 Å². The van der Waals surface area contributed by atoms with Crippen LogP contribution in [-0.2, 0) is 0 Å². The van der Waals surface area contributed by atoms with Crippen molar-refractivity contribution >= 4 is 10.8 Å². The van der Waals surface area contributed by atoms with Crippen LogP contribution in [0.15, 0.2) is 79.5 Å². The second-order valence-corrected chi connectivity index (χ2v) is 4.87. The van der Waals surface area contributed by atoms with Crippen molar-refractivity contribution in [3.63, 3.8) is 0 Å². The Hall–Kier alpha value is -2.94. The summed E-state index contributed by atoms with van der Waals surface area (Å²) in [4.78, 5) is 8.68. The van der Waals surface area contributed by atoms with E-state index in [-0.39, 0.29) is 0 Å². The van der Waals surface area contributed by atoms with Gasteiger partial charge in [0.1, 0.15) is 0 Å². The first kappa shape index (κ1) is 11.9. The molecular formula is C18H13N3. The summed E-state index contributed by atoms with van der Waals surface area (Å²) < 4.78 is 2.05. The van der Waals surface area contributed by atoms with Crippen molar-refractivity contribution in [1.29, 1.82) is 0 Å². The van der Waals surface area contributed by atoms with Crippen LogP contribution in [0.4, 0.5) is 0 Å². The van der Waals surface area contributed by atoms with Crippen molar-refractivity contribution in [3.05, 3.63) is 79.5 Å². The zero-order valence-electron chi connectivity index (χ0n) is 11.3. The third-order valence-corrected chi connectivity index (χ3v) is 3.60. The maximum absolute atomic E-state index is 4.49. The highest BCUT2D eigenvalue weighted by atomic mass is 15.0. The Balaban J connectivity index is 2.10. The molecule has 3 nitrogen and oxygen atoms in total. The van der Waals surface area contributed by atoms with Crippen LogP contribution in [-0.4, -0.2) is 14.5 Å². The molecule has 0 saturated carbocycles. The van der Waals surface area contributed by atoms with Crippen molar-refractivity contribution in [2.75, 3.05) is 0 Å². The number of nitrogens with zero attached hydrogens (tertiary/aromatic N) is 3. The summed E-state index contributed by atoms with van der Waals surface area (Å²) in [6, 6.07) is 18.6. The van der Waals surface area contributed by atoms with Gasteiger partial charge in [-0.1, -0.05) is 42.5 Å². The molecule has 21 heavy (non-hydrogen) atoms. The summed E-state index contributed by atoms with van der Waals surface area (Å²) in [5, 5.41) is 2.40. The molecule has 3 heteroatoms. The predicted molar refractivity (Wildman–Crippen MR) is 84.3 cm³/mol. The van der Waals surface area contributed by atoms with E-state index >= 15 is 0 Å². The number of fused-ring (bicyclic) bond motifs is 1. The zero-order valence-corrected chi connectivity index (χ0v) is 11.3. The lowest BCUT2D eigenvalue weighted by Crippen LogP contribution is -1.97. The van der Waals surface area contributed by atoms with Gasteiger partial charge >= 0.3 is 0 Å². The fourth-order valence-corrected chi connectivity index (χ4v) is 2.65. The largest absolute Gasteiger partial charge is 0.305 e. The van der Waals surface area contributed by atoms with Crippen molar-refractivity contribution < 1.29 is 0 Å². The molecule has 4 rings (SSSR count). The molecule has 0 aliphatic heterocycles. The molecule has 0 N–H and O–H groups in total. The van der Waals surface area contributed by atoms with Gasteiger partial charge in [-0.2, -0.15) is 0 Å². The first-order valence-corrected chi connectivity index (χ1v) is 6.85. The number of imidazole rings is 1. The minimum atomic E-state index is 0.965. The van der Waals surface area contributed by atoms with E-state index in [9.17, 15) is 0 Å². The van der Waals surface area contributed by atoms with Crippen LogP contribution < -0.4 is 0 Å². The van der Waals surface area contributed by atoms with Crippen LogP contribution >= 0.6 is 0 Å². The molecule has 0 saturated heterocycles. The maximum atomic E-state index is 4.49. The first-order chi connectivity index (χ1) is 10.4. The van der Waals surface area contributed by atoms with E-state index in [1.807, 2.05) is 41.5 Å². The van der Waals surface area contributed by atoms with E-state index in [4.69, 9.17) is 0 Å². The summed E-state index contributed by atoms with van der Waals surface area (Å²) in [6.07, 6.45) is 7.41. The monoisotopic (exact) mass is 271 g/mol. The minimum absolute atomic E-state index is 0.965. The van der Waals surface area contributed by atoms with Crippen LogP contribution in [0.2, 0.25) is 0 Å². The SMILES string of the molecule is c1ccc(-c2ccc3ccccc3c2-n2ccnc2)nc1. The van der Waals surface area contributed by atoms with Gasteiger partial charge in [0.25, 0.3) is 0 Å². The normalized spacial score (nSPS) is 10.9. The van der Waals surface area contributed by atoms with Crippen LogP contribution in [0.3, 0.4) is 0 Å². The van der Waals surface area contributed by atoms with E-state index in [1.54, 1.807) is 6.20 Å². The number of pyridine rings is 1. The van der Waals surface area contributed by atoms with Crippen LogP contribution in [0.1, 0.15) is 0 Å². The van der Waals surface area contributed by atoms with Crippen LogP contribution in [0.25, 0.3) is 27.7 Å². The summed E-state index contributed by atoms with van der Waals surface area (Å²) in [5.74, 6) is 0. The van der Waals surface area contributed by atoms with Gasteiger partial charge in [0, 0.05) is 29.5 Å². The smallest absolute Gasteiger partial charge is 0.0992 e. The third kappa shape index (κ3) is 1.99. The Labute approximate surface area is 122 Å². The lowest BCUT2D eigenvalue weighted by molar-refractivity contribution is 1.07. The highest BCUT2D eigenvalue weighted by Gasteiger charge is 2.11. The second-order valence-electron chi connectivity index (χ2n) is 4.87. The number of hydrogen-bond donors (Lipinski definition) is 0. The number of hydrogen-bond acceptors (Lipinski definition) is 2. The highest BCUT2D eigenvalue weighted by molar-refractivity contribution is 5.96. The Kier molecular flexibility index (Phi) is 2.75. The molecule has 0 fully saturated rings. The second kappa shape index (κ2) is 4.87. The molecule has 0 aliphatic rings. The average Bonchev–Trinajstić information content (AvgIpc) is 3.08. The Morgan fingerprint density at radius 3 is 2.52 bits per heavy atom. The lowest BCUT2D eigenvalue weighted by Gasteiger charge is -2.13. The topological polar surface area (TPSA) is 30.7 Å². The fourth-order valence-electron chi connectivity index (χ4n) is 2.65. The lowest BCUT2D eigenvalue weighted by atomic mass is 10.0. The van der Waals surface area contributed by atoms with Gasteiger partial charge in [-0.05, 0) is 17.5 Å². The van der Waals surface area contributed by atoms with E-state index in [2.05, 4.69) is 46.4 Å². The van der Waals surface area contributed by atoms with E-state index in [0.717, 1.165) is 16.9 Å². The van der Waals surface area contributed by atoms with Gasteiger partial charge in [0.2, 0.25) is 0 Å². The molecule has 0 bridgehead atoms. The van der Waals surface area contributed by atoms with Gasteiger partial charge in [0.05, 0.1) is 17.7 Å². The number of aromatic nitrogens is 3. The molecule has 2 aromatic heterocycles. The fraction of sp³-hybridized carbons (Fsp3) is 0. The van der Waals surface area contributed by atoms with Gasteiger partial charge in [-0.3, -0.25) is 4.98 Å². The Morgan fingerprint density at radius 1 is 0.810 bits per heavy atom. The van der Waals surface area contributed by atoms with Crippen LogP contribution in [0.5, 0.6) is 0 Å². The van der Waals surface area contributed by atoms with Gasteiger partial charge in [0.15, 0.2) is 0 Å². The summed E-state index contributed by atoms with van der Waals surface area (Å²) in [5.41, 5.74) is 3.18. The predicted octanol–water partition coefficient (Wildman–Crippen LogP) is 4.09. The van der Waals surface area contributed by atoms with Crippen molar-refractivity contribution in [3.8, 4) is 16.9 Å². The Morgan fingerprint density at radius 2 is 1.71 bits per heavy atom. The summed E-state index contributed by atoms with van der Waals surface area (Å²) >= 11 is 0. The molecule has 100 valence electrons. The molecule has 0 spiro atoms. The highest BCUT2D eigenvalue weighted by Crippen LogP contribution is 2.32.